The number of benzene rings is 4. The number of guanidine groups is 1. The fourth-order valence-electron chi connectivity index (χ4n) is 5.26. The van der Waals surface area contributed by atoms with Crippen LogP contribution in [0.5, 0.6) is 0 Å². The number of nitrogens with one attached hydrogen (secondary N) is 4. The summed E-state index contributed by atoms with van der Waals surface area (Å²) < 4.78 is 31.7. The maximum Gasteiger partial charge on any atom is 0.490 e. The number of hydrogen-bond donors (Lipinski definition) is 9. The Bertz CT molecular complexity index is 2040. The third-order valence-corrected chi connectivity index (χ3v) is 8.11. The number of rotatable bonds is 16. The molecule has 15 nitrogen and oxygen atoms in total. The van der Waals surface area contributed by atoms with Crippen LogP contribution in [0.2, 0.25) is 0 Å². The SMILES string of the molecule is N=C(N)c1ccc(CC(C(=O)Nc2ccccc2)C(=O)N[C@@H](Cc2ccc3ccccc3c2)C(=O)N[C@@H](CCCN=C(N)N)C(N)=O)cc1.O=C(O)C(F)(F)F. The van der Waals surface area contributed by atoms with E-state index in [9.17, 15) is 32.3 Å². The van der Waals surface area contributed by atoms with Crippen molar-refractivity contribution in [2.75, 3.05) is 11.9 Å². The largest absolute Gasteiger partial charge is 0.490 e. The average molecular weight is 778 g/mol. The summed E-state index contributed by atoms with van der Waals surface area (Å²) >= 11 is 0. The number of nitrogens with two attached hydrogens (primary N) is 4. The normalized spacial score (nSPS) is 12.4. The zero-order valence-electron chi connectivity index (χ0n) is 29.9. The fourth-order valence-corrected chi connectivity index (χ4v) is 5.26. The van der Waals surface area contributed by atoms with Crippen LogP contribution in [0.3, 0.4) is 0 Å². The van der Waals surface area contributed by atoms with E-state index in [-0.39, 0.29) is 37.6 Å². The number of nitrogens with zero attached hydrogens (tertiary/aromatic N) is 1. The number of aliphatic imine (C=N–C) groups is 1. The number of hydrogen-bond acceptors (Lipinski definition) is 7. The molecule has 18 heteroatoms. The highest BCUT2D eigenvalue weighted by molar-refractivity contribution is 6.07. The van der Waals surface area contributed by atoms with E-state index in [4.69, 9.17) is 38.2 Å². The van der Waals surface area contributed by atoms with E-state index in [0.717, 1.165) is 16.3 Å². The van der Waals surface area contributed by atoms with E-state index < -0.39 is 53.8 Å². The molecule has 4 aromatic carbocycles. The van der Waals surface area contributed by atoms with Gasteiger partial charge in [-0.2, -0.15) is 13.2 Å². The van der Waals surface area contributed by atoms with Crippen molar-refractivity contribution in [3.63, 3.8) is 0 Å². The highest BCUT2D eigenvalue weighted by Crippen LogP contribution is 2.19. The standard InChI is InChI=1S/C36H41N9O4.C2HF3O2/c37-31(38)25-16-12-22(13-17-25)20-28(33(47)43-27-9-2-1-3-10-27)34(48)45-30(21-23-14-15-24-7-4-5-8-26(24)19-23)35(49)44-29(32(39)46)11-6-18-42-36(40)41;3-2(4,5)1(6)7/h1-5,7-10,12-17,19,28-30H,6,11,18,20-21H2,(H3,37,38)(H2,39,46)(H,43,47)(H,44,49)(H,45,48)(H4,40,41,42);(H,6,7)/t28?,29-,30-;/m0./s1. The first-order valence-electron chi connectivity index (χ1n) is 17.0. The molecular formula is C38H42F3N9O6. The molecule has 0 aliphatic rings. The van der Waals surface area contributed by atoms with Gasteiger partial charge < -0.3 is 44.0 Å². The van der Waals surface area contributed by atoms with Crippen LogP contribution < -0.4 is 38.9 Å². The molecule has 0 aliphatic heterocycles. The van der Waals surface area contributed by atoms with Crippen molar-refractivity contribution in [3.05, 3.63) is 114 Å². The van der Waals surface area contributed by atoms with Gasteiger partial charge in [0.1, 0.15) is 23.8 Å². The number of alkyl halides is 3. The molecule has 4 aromatic rings. The highest BCUT2D eigenvalue weighted by Gasteiger charge is 2.38. The fraction of sp³-hybridized carbons (Fsp3) is 0.237. The quantitative estimate of drug-likeness (QED) is 0.0349. The van der Waals surface area contributed by atoms with Crippen LogP contribution in [0.4, 0.5) is 18.9 Å². The maximum absolute atomic E-state index is 14.0. The number of carbonyl (C=O) groups is 5. The molecule has 4 amide bonds. The van der Waals surface area contributed by atoms with Crippen molar-refractivity contribution in [1.82, 2.24) is 10.6 Å². The Labute approximate surface area is 319 Å². The van der Waals surface area contributed by atoms with Crippen LogP contribution in [0.25, 0.3) is 10.8 Å². The zero-order valence-corrected chi connectivity index (χ0v) is 29.9. The van der Waals surface area contributed by atoms with E-state index in [1.54, 1.807) is 54.6 Å². The number of anilines is 1. The number of halogens is 3. The summed E-state index contributed by atoms with van der Waals surface area (Å²) in [6.07, 6.45) is -4.52. The number of carbonyl (C=O) groups excluding carboxylic acids is 4. The monoisotopic (exact) mass is 777 g/mol. The molecule has 0 saturated heterocycles. The van der Waals surface area contributed by atoms with Crippen LogP contribution in [-0.2, 0) is 36.8 Å². The van der Waals surface area contributed by atoms with Gasteiger partial charge in [-0.15, -0.1) is 0 Å². The second-order valence-corrected chi connectivity index (χ2v) is 12.4. The summed E-state index contributed by atoms with van der Waals surface area (Å²) in [4.78, 5) is 66.6. The number of nitrogen functional groups attached to an aromatic ring is 1. The molecule has 1 unspecified atom stereocenters. The number of aliphatic carboxylic acids is 1. The summed E-state index contributed by atoms with van der Waals surface area (Å²) in [6, 6.07) is 26.5. The Hall–Kier alpha value is -6.98. The average Bonchev–Trinajstić information content (AvgIpc) is 3.14. The Morgan fingerprint density at radius 1 is 0.714 bits per heavy atom. The molecular weight excluding hydrogens is 735 g/mol. The van der Waals surface area contributed by atoms with E-state index in [1.165, 1.54) is 0 Å². The molecule has 4 rings (SSSR count). The summed E-state index contributed by atoms with van der Waals surface area (Å²) in [5.74, 6) is -6.93. The number of carboxylic acids is 1. The lowest BCUT2D eigenvalue weighted by molar-refractivity contribution is -0.192. The molecule has 13 N–H and O–H groups in total. The molecule has 0 saturated carbocycles. The van der Waals surface area contributed by atoms with Crippen molar-refractivity contribution < 1.29 is 42.3 Å². The Morgan fingerprint density at radius 2 is 1.29 bits per heavy atom. The molecule has 0 aromatic heterocycles. The van der Waals surface area contributed by atoms with Crippen molar-refractivity contribution in [2.45, 2.75) is 43.9 Å². The number of fused-ring (bicyclic) bond motifs is 1. The van der Waals surface area contributed by atoms with Crippen LogP contribution >= 0.6 is 0 Å². The van der Waals surface area contributed by atoms with Gasteiger partial charge in [-0.3, -0.25) is 29.6 Å². The summed E-state index contributed by atoms with van der Waals surface area (Å²) in [5, 5.41) is 25.0. The summed E-state index contributed by atoms with van der Waals surface area (Å²) in [5.41, 5.74) is 24.4. The van der Waals surface area contributed by atoms with Crippen LogP contribution in [0, 0.1) is 11.3 Å². The minimum atomic E-state index is -5.08. The van der Waals surface area contributed by atoms with Crippen LogP contribution in [0.15, 0.2) is 102 Å². The number of amides is 4. The smallest absolute Gasteiger partial charge is 0.475 e. The van der Waals surface area contributed by atoms with Gasteiger partial charge in [0.2, 0.25) is 23.6 Å². The highest BCUT2D eigenvalue weighted by atomic mass is 19.4. The molecule has 296 valence electrons. The lowest BCUT2D eigenvalue weighted by atomic mass is 9.95. The second-order valence-electron chi connectivity index (χ2n) is 12.4. The Kier molecular flexibility index (Phi) is 15.9. The van der Waals surface area contributed by atoms with Gasteiger partial charge in [0, 0.05) is 24.2 Å². The van der Waals surface area contributed by atoms with Crippen LogP contribution in [-0.4, -0.2) is 71.3 Å². The van der Waals surface area contributed by atoms with Crippen LogP contribution in [0.1, 0.15) is 29.5 Å². The molecule has 0 radical (unpaired) electrons. The third kappa shape index (κ3) is 14.1. The van der Waals surface area contributed by atoms with Gasteiger partial charge in [-0.25, -0.2) is 4.79 Å². The topological polar surface area (TPSA) is 282 Å². The molecule has 0 bridgehead atoms. The Morgan fingerprint density at radius 3 is 1.86 bits per heavy atom. The molecule has 0 fully saturated rings. The first-order chi connectivity index (χ1) is 26.4. The third-order valence-electron chi connectivity index (χ3n) is 8.11. The number of carboxylic acid groups (broad SMARTS) is 1. The Balaban J connectivity index is 0.00000109. The van der Waals surface area contributed by atoms with Gasteiger partial charge >= 0.3 is 12.1 Å². The summed E-state index contributed by atoms with van der Waals surface area (Å²) in [7, 11) is 0. The molecule has 56 heavy (non-hydrogen) atoms. The predicted molar refractivity (Wildman–Crippen MR) is 204 cm³/mol. The molecule has 0 heterocycles. The first kappa shape index (κ1) is 43.4. The van der Waals surface area contributed by atoms with Crippen molar-refractivity contribution >= 4 is 57.9 Å². The lowest BCUT2D eigenvalue weighted by Gasteiger charge is -2.24. The van der Waals surface area contributed by atoms with Crippen molar-refractivity contribution in [3.8, 4) is 0 Å². The van der Waals surface area contributed by atoms with E-state index in [0.29, 0.717) is 23.2 Å². The van der Waals surface area contributed by atoms with Gasteiger partial charge in [0.15, 0.2) is 5.96 Å². The van der Waals surface area contributed by atoms with E-state index in [2.05, 4.69) is 20.9 Å². The second kappa shape index (κ2) is 20.5. The van der Waals surface area contributed by atoms with Gasteiger partial charge in [-0.05, 0) is 53.3 Å². The first-order valence-corrected chi connectivity index (χ1v) is 17.0. The van der Waals surface area contributed by atoms with Gasteiger partial charge in [-0.1, -0.05) is 84.9 Å². The maximum atomic E-state index is 14.0. The lowest BCUT2D eigenvalue weighted by Crippen LogP contribution is -2.55. The molecule has 3 atom stereocenters. The predicted octanol–water partition coefficient (Wildman–Crippen LogP) is 2.31. The van der Waals surface area contributed by atoms with E-state index in [1.807, 2.05) is 42.5 Å². The molecule has 0 spiro atoms. The number of para-hydroxylation sites is 1. The minimum absolute atomic E-state index is 0.0122. The summed E-state index contributed by atoms with van der Waals surface area (Å²) in [6.45, 7) is 0.227. The van der Waals surface area contributed by atoms with Gasteiger partial charge in [0.05, 0.1) is 0 Å². The van der Waals surface area contributed by atoms with Crippen molar-refractivity contribution in [1.29, 1.82) is 5.41 Å². The van der Waals surface area contributed by atoms with Gasteiger partial charge in [0.25, 0.3) is 0 Å². The minimum Gasteiger partial charge on any atom is -0.475 e. The zero-order chi connectivity index (χ0) is 41.4. The van der Waals surface area contributed by atoms with Crippen molar-refractivity contribution in [2.24, 2.45) is 33.8 Å². The molecule has 0 aliphatic carbocycles. The number of primary amides is 1. The number of amidine groups is 1. The van der Waals surface area contributed by atoms with E-state index >= 15 is 0 Å².